The van der Waals surface area contributed by atoms with E-state index in [0.29, 0.717) is 0 Å². The molecule has 4 heteroatoms. The first-order chi connectivity index (χ1) is 10.7. The number of rotatable bonds is 4. The molecule has 2 N–H and O–H groups in total. The molecule has 1 aliphatic heterocycles. The Morgan fingerprint density at radius 1 is 1.00 bits per heavy atom. The van der Waals surface area contributed by atoms with Gasteiger partial charge in [-0.1, -0.05) is 12.1 Å². The van der Waals surface area contributed by atoms with Crippen molar-refractivity contribution >= 4 is 11.4 Å². The van der Waals surface area contributed by atoms with Crippen LogP contribution in [-0.2, 0) is 6.54 Å². The molecule has 1 aliphatic rings. The summed E-state index contributed by atoms with van der Waals surface area (Å²) in [6.07, 6.45) is 0. The summed E-state index contributed by atoms with van der Waals surface area (Å²) >= 11 is 0. The summed E-state index contributed by atoms with van der Waals surface area (Å²) in [6.45, 7) is 5.21. The van der Waals surface area contributed by atoms with E-state index in [0.717, 1.165) is 44.2 Å². The molecule has 3 rings (SSSR count). The number of anilines is 2. The van der Waals surface area contributed by atoms with Crippen molar-refractivity contribution < 1.29 is 4.74 Å². The lowest BCUT2D eigenvalue weighted by molar-refractivity contribution is 0.250. The maximum absolute atomic E-state index is 5.85. The zero-order chi connectivity index (χ0) is 15.4. The molecule has 0 aliphatic carbocycles. The second-order valence-corrected chi connectivity index (χ2v) is 5.71. The topological polar surface area (TPSA) is 41.7 Å². The van der Waals surface area contributed by atoms with Gasteiger partial charge in [0.15, 0.2) is 0 Å². The van der Waals surface area contributed by atoms with Gasteiger partial charge in [-0.15, -0.1) is 0 Å². The van der Waals surface area contributed by atoms with Crippen LogP contribution in [0.25, 0.3) is 0 Å². The molecular weight excluding hydrogens is 274 g/mol. The third kappa shape index (κ3) is 3.52. The van der Waals surface area contributed by atoms with Crippen molar-refractivity contribution in [3.8, 4) is 5.75 Å². The Bertz CT molecular complexity index is 604. The molecule has 0 radical (unpaired) electrons. The molecule has 4 nitrogen and oxygen atoms in total. The lowest BCUT2D eigenvalue weighted by Crippen LogP contribution is -2.45. The monoisotopic (exact) mass is 297 g/mol. The van der Waals surface area contributed by atoms with Gasteiger partial charge in [0.05, 0.1) is 7.11 Å². The van der Waals surface area contributed by atoms with Gasteiger partial charge in [0.1, 0.15) is 5.75 Å². The fourth-order valence-corrected chi connectivity index (χ4v) is 2.91. The average molecular weight is 297 g/mol. The summed E-state index contributed by atoms with van der Waals surface area (Å²) in [5, 5.41) is 0. The third-order valence-electron chi connectivity index (χ3n) is 4.17. The minimum absolute atomic E-state index is 0.842. The molecular formula is C18H23N3O. The van der Waals surface area contributed by atoms with Gasteiger partial charge in [-0.05, 0) is 42.0 Å². The first-order valence-electron chi connectivity index (χ1n) is 7.70. The van der Waals surface area contributed by atoms with Gasteiger partial charge in [0, 0.05) is 44.1 Å². The van der Waals surface area contributed by atoms with Crippen LogP contribution in [0.5, 0.6) is 5.75 Å². The molecule has 1 fully saturated rings. The van der Waals surface area contributed by atoms with E-state index in [-0.39, 0.29) is 0 Å². The van der Waals surface area contributed by atoms with Crippen LogP contribution in [-0.4, -0.2) is 38.2 Å². The van der Waals surface area contributed by atoms with Crippen molar-refractivity contribution in [2.24, 2.45) is 0 Å². The molecule has 0 spiro atoms. The number of hydrogen-bond acceptors (Lipinski definition) is 4. The zero-order valence-corrected chi connectivity index (χ0v) is 13.0. The lowest BCUT2D eigenvalue weighted by Gasteiger charge is -2.36. The molecule has 2 aromatic rings. The highest BCUT2D eigenvalue weighted by Gasteiger charge is 2.17. The first kappa shape index (κ1) is 14.7. The molecule has 0 saturated carbocycles. The van der Waals surface area contributed by atoms with Crippen LogP contribution in [0.2, 0.25) is 0 Å². The normalized spacial score (nSPS) is 15.8. The van der Waals surface area contributed by atoms with E-state index >= 15 is 0 Å². The fourth-order valence-electron chi connectivity index (χ4n) is 2.91. The molecule has 0 atom stereocenters. The highest BCUT2D eigenvalue weighted by atomic mass is 16.5. The van der Waals surface area contributed by atoms with Crippen LogP contribution in [0.1, 0.15) is 5.56 Å². The Balaban J connectivity index is 1.55. The summed E-state index contributed by atoms with van der Waals surface area (Å²) in [6, 6.07) is 16.5. The number of nitrogens with two attached hydrogens (primary N) is 1. The number of nitrogens with zero attached hydrogens (tertiary/aromatic N) is 2. The zero-order valence-electron chi connectivity index (χ0n) is 13.0. The van der Waals surface area contributed by atoms with Gasteiger partial charge in [0.25, 0.3) is 0 Å². The van der Waals surface area contributed by atoms with Gasteiger partial charge in [-0.3, -0.25) is 4.90 Å². The Morgan fingerprint density at radius 2 is 1.73 bits per heavy atom. The van der Waals surface area contributed by atoms with Crippen LogP contribution in [0, 0.1) is 0 Å². The fraction of sp³-hybridized carbons (Fsp3) is 0.333. The summed E-state index contributed by atoms with van der Waals surface area (Å²) in [4.78, 5) is 4.91. The van der Waals surface area contributed by atoms with E-state index in [9.17, 15) is 0 Å². The Morgan fingerprint density at radius 3 is 2.36 bits per heavy atom. The van der Waals surface area contributed by atoms with E-state index in [1.807, 2.05) is 24.3 Å². The van der Waals surface area contributed by atoms with Gasteiger partial charge in [0.2, 0.25) is 0 Å². The van der Waals surface area contributed by atoms with Gasteiger partial charge >= 0.3 is 0 Å². The first-order valence-corrected chi connectivity index (χ1v) is 7.70. The number of ether oxygens (including phenoxy) is 1. The quantitative estimate of drug-likeness (QED) is 0.881. The van der Waals surface area contributed by atoms with E-state index in [2.05, 4.69) is 34.1 Å². The largest absolute Gasteiger partial charge is 0.497 e. The molecule has 22 heavy (non-hydrogen) atoms. The maximum Gasteiger partial charge on any atom is 0.119 e. The second kappa shape index (κ2) is 6.71. The summed E-state index contributed by atoms with van der Waals surface area (Å²) in [7, 11) is 1.70. The number of nitrogen functional groups attached to an aromatic ring is 1. The Labute approximate surface area is 132 Å². The van der Waals surface area contributed by atoms with E-state index in [4.69, 9.17) is 10.5 Å². The Hall–Kier alpha value is -2.20. The molecule has 0 amide bonds. The van der Waals surface area contributed by atoms with Gasteiger partial charge in [-0.2, -0.15) is 0 Å². The average Bonchev–Trinajstić information content (AvgIpc) is 2.56. The molecule has 1 saturated heterocycles. The number of methoxy groups -OCH3 is 1. The standard InChI is InChI=1S/C18H23N3O/c1-22-18-7-5-17(6-8-18)21-11-9-20(10-12-21)14-15-3-2-4-16(19)13-15/h2-8,13H,9-12,14,19H2,1H3. The lowest BCUT2D eigenvalue weighted by atomic mass is 10.1. The summed E-state index contributed by atoms with van der Waals surface area (Å²) in [5.74, 6) is 0.907. The van der Waals surface area contributed by atoms with Crippen molar-refractivity contribution in [3.63, 3.8) is 0 Å². The van der Waals surface area contributed by atoms with Crippen LogP contribution in [0.4, 0.5) is 11.4 Å². The van der Waals surface area contributed by atoms with Crippen molar-refractivity contribution in [1.82, 2.24) is 4.90 Å². The molecule has 0 aromatic heterocycles. The van der Waals surface area contributed by atoms with Crippen LogP contribution < -0.4 is 15.4 Å². The van der Waals surface area contributed by atoms with Crippen LogP contribution >= 0.6 is 0 Å². The summed E-state index contributed by atoms with van der Waals surface area (Å²) < 4.78 is 5.21. The number of benzene rings is 2. The second-order valence-electron chi connectivity index (χ2n) is 5.71. The van der Waals surface area contributed by atoms with E-state index < -0.39 is 0 Å². The minimum atomic E-state index is 0.842. The maximum atomic E-state index is 5.85. The molecule has 116 valence electrons. The summed E-state index contributed by atoms with van der Waals surface area (Å²) in [5.41, 5.74) is 9.25. The number of hydrogen-bond donors (Lipinski definition) is 1. The van der Waals surface area contributed by atoms with E-state index in [1.54, 1.807) is 7.11 Å². The molecule has 2 aromatic carbocycles. The van der Waals surface area contributed by atoms with Crippen molar-refractivity contribution in [2.75, 3.05) is 43.9 Å². The van der Waals surface area contributed by atoms with Crippen LogP contribution in [0.3, 0.4) is 0 Å². The minimum Gasteiger partial charge on any atom is -0.497 e. The predicted octanol–water partition coefficient (Wildman–Crippen LogP) is 2.60. The van der Waals surface area contributed by atoms with E-state index in [1.165, 1.54) is 11.3 Å². The Kier molecular flexibility index (Phi) is 4.49. The van der Waals surface area contributed by atoms with Crippen molar-refractivity contribution in [3.05, 3.63) is 54.1 Å². The van der Waals surface area contributed by atoms with Crippen molar-refractivity contribution in [1.29, 1.82) is 0 Å². The molecule has 0 unspecified atom stereocenters. The molecule has 1 heterocycles. The van der Waals surface area contributed by atoms with Crippen molar-refractivity contribution in [2.45, 2.75) is 6.54 Å². The SMILES string of the molecule is COc1ccc(N2CCN(Cc3cccc(N)c3)CC2)cc1. The highest BCUT2D eigenvalue weighted by Crippen LogP contribution is 2.21. The van der Waals surface area contributed by atoms with Crippen LogP contribution in [0.15, 0.2) is 48.5 Å². The van der Waals surface area contributed by atoms with Gasteiger partial charge < -0.3 is 15.4 Å². The predicted molar refractivity (Wildman–Crippen MR) is 91.3 cm³/mol. The third-order valence-corrected chi connectivity index (χ3v) is 4.17. The highest BCUT2D eigenvalue weighted by molar-refractivity contribution is 5.49. The van der Waals surface area contributed by atoms with Gasteiger partial charge in [-0.25, -0.2) is 0 Å². The molecule has 0 bridgehead atoms. The number of piperazine rings is 1. The smallest absolute Gasteiger partial charge is 0.119 e.